The number of rotatable bonds is 7. The van der Waals surface area contributed by atoms with Crippen LogP contribution in [0, 0.1) is 0 Å². The molecule has 4 nitrogen and oxygen atoms in total. The second kappa shape index (κ2) is 7.45. The van der Waals surface area contributed by atoms with Gasteiger partial charge in [-0.05, 0) is 31.5 Å². The van der Waals surface area contributed by atoms with Gasteiger partial charge in [-0.3, -0.25) is 0 Å². The third-order valence-electron chi connectivity index (χ3n) is 2.70. The predicted octanol–water partition coefficient (Wildman–Crippen LogP) is 4.37. The molecule has 0 saturated carbocycles. The summed E-state index contributed by atoms with van der Waals surface area (Å²) in [5.74, 6) is 2.14. The largest absolute Gasteiger partial charge is 0.494 e. The monoisotopic (exact) mass is 311 g/mol. The molecule has 2 aromatic rings. The smallest absolute Gasteiger partial charge is 0.207 e. The molecule has 0 aliphatic heterocycles. The second-order valence-corrected chi connectivity index (χ2v) is 5.30. The Labute approximate surface area is 128 Å². The quantitative estimate of drug-likeness (QED) is 0.771. The molecule has 0 spiro atoms. The van der Waals surface area contributed by atoms with Gasteiger partial charge in [0.15, 0.2) is 0 Å². The first-order valence-corrected chi connectivity index (χ1v) is 7.98. The van der Waals surface area contributed by atoms with Crippen molar-refractivity contribution < 1.29 is 4.74 Å². The van der Waals surface area contributed by atoms with Gasteiger partial charge in [0.1, 0.15) is 11.6 Å². The zero-order valence-electron chi connectivity index (χ0n) is 11.6. The summed E-state index contributed by atoms with van der Waals surface area (Å²) in [5.41, 5.74) is 1.92. The third-order valence-corrected chi connectivity index (χ3v) is 3.65. The van der Waals surface area contributed by atoms with Crippen molar-refractivity contribution in [3.63, 3.8) is 0 Å². The average molecular weight is 312 g/mol. The Bertz CT molecular complexity index is 559. The van der Waals surface area contributed by atoms with E-state index >= 15 is 0 Å². The molecule has 1 aromatic heterocycles. The highest BCUT2D eigenvalue weighted by Gasteiger charge is 2.07. The molecule has 1 aromatic carbocycles. The maximum Gasteiger partial charge on any atom is 0.207 e. The summed E-state index contributed by atoms with van der Waals surface area (Å²) in [7, 11) is 0. The molecule has 0 atom stereocenters. The number of alkyl halides is 1. The molecule has 1 heterocycles. The van der Waals surface area contributed by atoms with Gasteiger partial charge in [-0.2, -0.15) is 4.37 Å². The maximum atomic E-state index is 5.95. The van der Waals surface area contributed by atoms with E-state index in [1.807, 2.05) is 25.1 Å². The Hall–Kier alpha value is -1.33. The number of anilines is 2. The van der Waals surface area contributed by atoms with Crippen molar-refractivity contribution in [3.05, 3.63) is 29.6 Å². The van der Waals surface area contributed by atoms with Gasteiger partial charge in [-0.25, -0.2) is 4.98 Å². The lowest BCUT2D eigenvalue weighted by atomic mass is 10.2. The van der Waals surface area contributed by atoms with Gasteiger partial charge in [0.05, 0.1) is 12.5 Å². The van der Waals surface area contributed by atoms with Crippen LogP contribution in [-0.2, 0) is 12.3 Å². The fourth-order valence-corrected chi connectivity index (χ4v) is 2.65. The maximum absolute atomic E-state index is 5.95. The fourth-order valence-electron chi connectivity index (χ4n) is 1.81. The molecule has 0 unspecified atom stereocenters. The molecule has 0 aliphatic carbocycles. The van der Waals surface area contributed by atoms with E-state index in [2.05, 4.69) is 21.6 Å². The SMILES string of the molecule is CCCc1nsc(Nc2ccc(OCC)c(CCl)c2)n1. The average Bonchev–Trinajstić information content (AvgIpc) is 2.88. The minimum absolute atomic E-state index is 0.419. The highest BCUT2D eigenvalue weighted by molar-refractivity contribution is 7.09. The summed E-state index contributed by atoms with van der Waals surface area (Å²) in [6.07, 6.45) is 1.96. The van der Waals surface area contributed by atoms with Gasteiger partial charge in [-0.1, -0.05) is 6.92 Å². The predicted molar refractivity (Wildman–Crippen MR) is 84.4 cm³/mol. The lowest BCUT2D eigenvalue weighted by molar-refractivity contribution is 0.337. The Balaban J connectivity index is 2.12. The number of aryl methyl sites for hydroxylation is 1. The number of hydrogen-bond donors (Lipinski definition) is 1. The third kappa shape index (κ3) is 3.84. The summed E-state index contributed by atoms with van der Waals surface area (Å²) in [6.45, 7) is 4.71. The standard InChI is InChI=1S/C14H18ClN3OS/c1-3-5-13-17-14(20-18-13)16-11-6-7-12(19-4-2)10(8-11)9-15/h6-8H,3-5,9H2,1-2H3,(H,16,17,18). The van der Waals surface area contributed by atoms with Gasteiger partial charge in [0.2, 0.25) is 5.13 Å². The molecule has 20 heavy (non-hydrogen) atoms. The molecule has 0 aliphatic rings. The van der Waals surface area contributed by atoms with Crippen LogP contribution in [0.15, 0.2) is 18.2 Å². The van der Waals surface area contributed by atoms with Crippen LogP contribution in [0.4, 0.5) is 10.8 Å². The molecule has 0 bridgehead atoms. The number of nitrogens with zero attached hydrogens (tertiary/aromatic N) is 2. The minimum atomic E-state index is 0.419. The molecule has 6 heteroatoms. The Morgan fingerprint density at radius 3 is 2.90 bits per heavy atom. The van der Waals surface area contributed by atoms with Crippen LogP contribution < -0.4 is 10.1 Å². The Morgan fingerprint density at radius 2 is 2.20 bits per heavy atom. The molecule has 108 valence electrons. The van der Waals surface area contributed by atoms with Crippen molar-refractivity contribution >= 4 is 34.0 Å². The molecule has 0 fully saturated rings. The second-order valence-electron chi connectivity index (χ2n) is 4.28. The zero-order chi connectivity index (χ0) is 14.4. The summed E-state index contributed by atoms with van der Waals surface area (Å²) in [4.78, 5) is 4.44. The van der Waals surface area contributed by atoms with E-state index in [-0.39, 0.29) is 0 Å². The summed E-state index contributed by atoms with van der Waals surface area (Å²) < 4.78 is 9.84. The topological polar surface area (TPSA) is 47.0 Å². The van der Waals surface area contributed by atoms with E-state index in [1.165, 1.54) is 11.5 Å². The number of halogens is 1. The van der Waals surface area contributed by atoms with Crippen molar-refractivity contribution in [2.45, 2.75) is 32.6 Å². The van der Waals surface area contributed by atoms with Crippen molar-refractivity contribution in [3.8, 4) is 5.75 Å². The van der Waals surface area contributed by atoms with E-state index < -0.39 is 0 Å². The molecule has 2 rings (SSSR count). The number of nitrogens with one attached hydrogen (secondary N) is 1. The van der Waals surface area contributed by atoms with Gasteiger partial charge in [0.25, 0.3) is 0 Å². The van der Waals surface area contributed by atoms with Crippen molar-refractivity contribution in [1.29, 1.82) is 0 Å². The van der Waals surface area contributed by atoms with Crippen molar-refractivity contribution in [2.75, 3.05) is 11.9 Å². The number of benzene rings is 1. The van der Waals surface area contributed by atoms with E-state index in [4.69, 9.17) is 16.3 Å². The summed E-state index contributed by atoms with van der Waals surface area (Å²) in [6, 6.07) is 5.87. The molecular formula is C14H18ClN3OS. The summed E-state index contributed by atoms with van der Waals surface area (Å²) in [5, 5.41) is 4.06. The van der Waals surface area contributed by atoms with E-state index in [1.54, 1.807) is 0 Å². The van der Waals surface area contributed by atoms with Gasteiger partial charge in [-0.15, -0.1) is 11.6 Å². The number of ether oxygens (including phenoxy) is 1. The first kappa shape index (κ1) is 15.1. The van der Waals surface area contributed by atoms with Crippen LogP contribution in [0.25, 0.3) is 0 Å². The van der Waals surface area contributed by atoms with Crippen LogP contribution in [0.2, 0.25) is 0 Å². The van der Waals surface area contributed by atoms with Gasteiger partial charge < -0.3 is 10.1 Å². The van der Waals surface area contributed by atoms with E-state index in [0.29, 0.717) is 12.5 Å². The van der Waals surface area contributed by atoms with Crippen LogP contribution >= 0.6 is 23.1 Å². The molecular weight excluding hydrogens is 294 g/mol. The Kier molecular flexibility index (Phi) is 5.61. The first-order chi connectivity index (χ1) is 9.76. The lowest BCUT2D eigenvalue weighted by Gasteiger charge is -2.10. The van der Waals surface area contributed by atoms with E-state index in [0.717, 1.165) is 40.8 Å². The Morgan fingerprint density at radius 1 is 1.35 bits per heavy atom. The lowest BCUT2D eigenvalue weighted by Crippen LogP contribution is -1.97. The normalized spacial score (nSPS) is 10.6. The van der Waals surface area contributed by atoms with Crippen molar-refractivity contribution in [1.82, 2.24) is 9.36 Å². The van der Waals surface area contributed by atoms with Crippen molar-refractivity contribution in [2.24, 2.45) is 0 Å². The van der Waals surface area contributed by atoms with Crippen LogP contribution in [0.5, 0.6) is 5.75 Å². The fraction of sp³-hybridized carbons (Fsp3) is 0.429. The summed E-state index contributed by atoms with van der Waals surface area (Å²) >= 11 is 7.33. The molecule has 0 radical (unpaired) electrons. The van der Waals surface area contributed by atoms with E-state index in [9.17, 15) is 0 Å². The van der Waals surface area contributed by atoms with Crippen LogP contribution in [0.3, 0.4) is 0 Å². The zero-order valence-corrected chi connectivity index (χ0v) is 13.2. The van der Waals surface area contributed by atoms with Crippen LogP contribution in [0.1, 0.15) is 31.7 Å². The highest BCUT2D eigenvalue weighted by Crippen LogP contribution is 2.27. The van der Waals surface area contributed by atoms with Crippen LogP contribution in [-0.4, -0.2) is 16.0 Å². The molecule has 0 saturated heterocycles. The number of hydrogen-bond acceptors (Lipinski definition) is 5. The molecule has 1 N–H and O–H groups in total. The first-order valence-electron chi connectivity index (χ1n) is 6.68. The minimum Gasteiger partial charge on any atom is -0.494 e. The highest BCUT2D eigenvalue weighted by atomic mass is 35.5. The van der Waals surface area contributed by atoms with Gasteiger partial charge >= 0.3 is 0 Å². The number of aromatic nitrogens is 2. The molecule has 0 amide bonds. The van der Waals surface area contributed by atoms with Gasteiger partial charge in [0, 0.05) is 29.2 Å².